The molecule has 0 heterocycles. The van der Waals surface area contributed by atoms with Crippen molar-refractivity contribution in [2.24, 2.45) is 0 Å². The molecule has 0 N–H and O–H groups in total. The van der Waals surface area contributed by atoms with Crippen molar-refractivity contribution in [3.8, 4) is 0 Å². The van der Waals surface area contributed by atoms with Crippen LogP contribution in [0.25, 0.3) is 0 Å². The first-order valence-electron chi connectivity index (χ1n) is 5.26. The molecule has 0 spiro atoms. The van der Waals surface area contributed by atoms with Crippen LogP contribution in [0.1, 0.15) is 26.7 Å². The number of hydrogen-bond acceptors (Lipinski definition) is 6. The highest BCUT2D eigenvalue weighted by atomic mass is 33.1. The summed E-state index contributed by atoms with van der Waals surface area (Å²) in [5, 5.41) is 0. The normalized spacial score (nSPS) is 9.88. The molecule has 0 atom stereocenters. The van der Waals surface area contributed by atoms with E-state index in [-0.39, 0.29) is 23.4 Å². The quantitative estimate of drug-likeness (QED) is 0.362. The lowest BCUT2D eigenvalue weighted by molar-refractivity contribution is -0.141. The Balaban J connectivity index is 3.30. The van der Waals surface area contributed by atoms with E-state index >= 15 is 0 Å². The first-order valence-corrected chi connectivity index (χ1v) is 7.75. The van der Waals surface area contributed by atoms with Crippen molar-refractivity contribution >= 4 is 33.5 Å². The molecular formula is C10H18O4S2. The maximum Gasteiger partial charge on any atom is 0.316 e. The molecule has 0 saturated carbocycles. The van der Waals surface area contributed by atoms with Gasteiger partial charge in [0.25, 0.3) is 0 Å². The third kappa shape index (κ3) is 10.2. The van der Waals surface area contributed by atoms with Crippen LogP contribution in [-0.2, 0) is 19.1 Å². The molecular weight excluding hydrogens is 248 g/mol. The summed E-state index contributed by atoms with van der Waals surface area (Å²) in [5.41, 5.74) is 0. The molecule has 0 bridgehead atoms. The molecule has 0 unspecified atom stereocenters. The highest BCUT2D eigenvalue weighted by Crippen LogP contribution is 2.21. The second-order valence-corrected chi connectivity index (χ2v) is 5.37. The molecule has 0 amide bonds. The molecule has 0 rings (SSSR count). The predicted octanol–water partition coefficient (Wildman–Crippen LogP) is 2.27. The van der Waals surface area contributed by atoms with E-state index in [1.54, 1.807) is 6.92 Å². The standard InChI is InChI=1S/C10H18O4S2/c1-3-5-6-14-10(12)8-16-15-7-9(11)13-4-2/h3-8H2,1-2H3. The van der Waals surface area contributed by atoms with Crippen molar-refractivity contribution in [1.82, 2.24) is 0 Å². The van der Waals surface area contributed by atoms with Gasteiger partial charge in [-0.3, -0.25) is 9.59 Å². The smallest absolute Gasteiger partial charge is 0.316 e. The monoisotopic (exact) mass is 266 g/mol. The third-order valence-electron chi connectivity index (χ3n) is 1.50. The van der Waals surface area contributed by atoms with Crippen LogP contribution < -0.4 is 0 Å². The Morgan fingerprint density at radius 1 is 1.00 bits per heavy atom. The van der Waals surface area contributed by atoms with Crippen LogP contribution in [0.4, 0.5) is 0 Å². The van der Waals surface area contributed by atoms with Gasteiger partial charge >= 0.3 is 11.9 Å². The second-order valence-electron chi connectivity index (χ2n) is 2.90. The van der Waals surface area contributed by atoms with E-state index in [9.17, 15) is 9.59 Å². The lowest BCUT2D eigenvalue weighted by Gasteiger charge is -2.03. The van der Waals surface area contributed by atoms with E-state index in [0.29, 0.717) is 13.2 Å². The van der Waals surface area contributed by atoms with Gasteiger partial charge in [0.1, 0.15) is 11.5 Å². The average Bonchev–Trinajstić information content (AvgIpc) is 2.25. The number of esters is 2. The van der Waals surface area contributed by atoms with Gasteiger partial charge in [0.2, 0.25) is 0 Å². The first-order chi connectivity index (χ1) is 7.70. The summed E-state index contributed by atoms with van der Waals surface area (Å²) in [6.07, 6.45) is 1.91. The molecule has 0 aliphatic heterocycles. The zero-order valence-electron chi connectivity index (χ0n) is 9.69. The highest BCUT2D eigenvalue weighted by Gasteiger charge is 2.05. The number of carbonyl (C=O) groups excluding carboxylic acids is 2. The lowest BCUT2D eigenvalue weighted by atomic mass is 10.4. The zero-order chi connectivity index (χ0) is 12.2. The van der Waals surface area contributed by atoms with Crippen LogP contribution in [0.2, 0.25) is 0 Å². The molecule has 4 nitrogen and oxygen atoms in total. The Hall–Kier alpha value is -0.360. The van der Waals surface area contributed by atoms with E-state index in [0.717, 1.165) is 12.8 Å². The number of carbonyl (C=O) groups is 2. The van der Waals surface area contributed by atoms with Gasteiger partial charge in [0.05, 0.1) is 13.2 Å². The van der Waals surface area contributed by atoms with E-state index in [4.69, 9.17) is 9.47 Å². The third-order valence-corrected chi connectivity index (χ3v) is 3.58. The van der Waals surface area contributed by atoms with E-state index < -0.39 is 0 Å². The molecule has 0 aliphatic carbocycles. The van der Waals surface area contributed by atoms with Crippen LogP contribution in [0, 0.1) is 0 Å². The second kappa shape index (κ2) is 11.1. The predicted molar refractivity (Wildman–Crippen MR) is 67.4 cm³/mol. The number of ether oxygens (including phenoxy) is 2. The molecule has 0 aromatic heterocycles. The zero-order valence-corrected chi connectivity index (χ0v) is 11.3. The molecule has 0 aliphatic rings. The lowest BCUT2D eigenvalue weighted by Crippen LogP contribution is -2.09. The Bertz CT molecular complexity index is 209. The summed E-state index contributed by atoms with van der Waals surface area (Å²) in [7, 11) is 2.63. The fraction of sp³-hybridized carbons (Fsp3) is 0.800. The summed E-state index contributed by atoms with van der Waals surface area (Å²) in [5.74, 6) is 0.0586. The molecule has 94 valence electrons. The fourth-order valence-electron chi connectivity index (χ4n) is 0.754. The van der Waals surface area contributed by atoms with Crippen molar-refractivity contribution in [1.29, 1.82) is 0 Å². The molecule has 0 saturated heterocycles. The van der Waals surface area contributed by atoms with E-state index in [1.807, 2.05) is 6.92 Å². The minimum Gasteiger partial charge on any atom is -0.465 e. The van der Waals surface area contributed by atoms with Crippen molar-refractivity contribution in [3.63, 3.8) is 0 Å². The van der Waals surface area contributed by atoms with E-state index in [1.165, 1.54) is 21.6 Å². The summed E-state index contributed by atoms with van der Waals surface area (Å²) < 4.78 is 9.69. The molecule has 0 fully saturated rings. The summed E-state index contributed by atoms with van der Waals surface area (Å²) in [4.78, 5) is 22.0. The van der Waals surface area contributed by atoms with Gasteiger partial charge in [-0.15, -0.1) is 0 Å². The summed E-state index contributed by atoms with van der Waals surface area (Å²) in [6, 6.07) is 0. The van der Waals surface area contributed by atoms with Crippen molar-refractivity contribution in [3.05, 3.63) is 0 Å². The van der Waals surface area contributed by atoms with Crippen LogP contribution in [0.15, 0.2) is 0 Å². The van der Waals surface area contributed by atoms with Crippen LogP contribution in [0.5, 0.6) is 0 Å². The molecule has 0 radical (unpaired) electrons. The number of rotatable bonds is 9. The average molecular weight is 266 g/mol. The highest BCUT2D eigenvalue weighted by molar-refractivity contribution is 8.77. The Labute approximate surface area is 104 Å². The molecule has 6 heteroatoms. The van der Waals surface area contributed by atoms with Crippen molar-refractivity contribution < 1.29 is 19.1 Å². The molecule has 16 heavy (non-hydrogen) atoms. The fourth-order valence-corrected chi connectivity index (χ4v) is 2.36. The van der Waals surface area contributed by atoms with Gasteiger partial charge in [-0.2, -0.15) is 0 Å². The number of hydrogen-bond donors (Lipinski definition) is 0. The minimum atomic E-state index is -0.251. The van der Waals surface area contributed by atoms with Crippen LogP contribution in [0.3, 0.4) is 0 Å². The van der Waals surface area contributed by atoms with Gasteiger partial charge in [-0.25, -0.2) is 0 Å². The van der Waals surface area contributed by atoms with Gasteiger partial charge in [-0.1, -0.05) is 34.9 Å². The summed E-state index contributed by atoms with van der Waals surface area (Å²) >= 11 is 0. The maximum absolute atomic E-state index is 11.1. The summed E-state index contributed by atoms with van der Waals surface area (Å²) in [6.45, 7) is 4.68. The Morgan fingerprint density at radius 3 is 2.06 bits per heavy atom. The van der Waals surface area contributed by atoms with Crippen LogP contribution >= 0.6 is 21.6 Å². The minimum absolute atomic E-state index is 0.227. The van der Waals surface area contributed by atoms with Gasteiger partial charge in [0.15, 0.2) is 0 Å². The number of unbranched alkanes of at least 4 members (excludes halogenated alkanes) is 1. The van der Waals surface area contributed by atoms with E-state index in [2.05, 4.69) is 0 Å². The van der Waals surface area contributed by atoms with Crippen LogP contribution in [-0.4, -0.2) is 36.7 Å². The van der Waals surface area contributed by atoms with Crippen molar-refractivity contribution in [2.75, 3.05) is 24.7 Å². The Kier molecular flexibility index (Phi) is 10.9. The molecule has 0 aromatic carbocycles. The maximum atomic E-state index is 11.1. The van der Waals surface area contributed by atoms with Gasteiger partial charge < -0.3 is 9.47 Å². The largest absolute Gasteiger partial charge is 0.465 e. The van der Waals surface area contributed by atoms with Gasteiger partial charge in [0, 0.05) is 0 Å². The van der Waals surface area contributed by atoms with Gasteiger partial charge in [-0.05, 0) is 13.3 Å². The topological polar surface area (TPSA) is 52.6 Å². The first kappa shape index (κ1) is 15.6. The SMILES string of the molecule is CCCCOC(=O)CSSCC(=O)OCC. The molecule has 0 aromatic rings. The van der Waals surface area contributed by atoms with Crippen molar-refractivity contribution in [2.45, 2.75) is 26.7 Å². The Morgan fingerprint density at radius 2 is 1.56 bits per heavy atom.